The molecule has 0 atom stereocenters. The molecule has 1 N–H and O–H groups in total. The van der Waals surface area contributed by atoms with Crippen molar-refractivity contribution in [3.05, 3.63) is 23.9 Å². The summed E-state index contributed by atoms with van der Waals surface area (Å²) in [5.41, 5.74) is 0.138. The highest BCUT2D eigenvalue weighted by atomic mass is 16.2. The molecule has 1 aromatic heterocycles. The number of nitrogens with one attached hydrogen (secondary N) is 1. The Hall–Kier alpha value is -1.82. The Morgan fingerprint density at radius 3 is 2.73 bits per heavy atom. The highest BCUT2D eigenvalue weighted by Gasteiger charge is 2.22. The van der Waals surface area contributed by atoms with Gasteiger partial charge in [-0.1, -0.05) is 26.7 Å². The zero-order valence-electron chi connectivity index (χ0n) is 9.16. The van der Waals surface area contributed by atoms with Crippen LogP contribution in [0.2, 0.25) is 0 Å². The van der Waals surface area contributed by atoms with E-state index in [2.05, 4.69) is 16.2 Å². The van der Waals surface area contributed by atoms with E-state index in [0.717, 1.165) is 0 Å². The van der Waals surface area contributed by atoms with Crippen LogP contribution in [0.1, 0.15) is 26.3 Å². The highest BCUT2D eigenvalue weighted by molar-refractivity contribution is 5.94. The zero-order chi connectivity index (χ0) is 11.5. The van der Waals surface area contributed by atoms with Crippen molar-refractivity contribution in [3.8, 4) is 12.3 Å². The van der Waals surface area contributed by atoms with Crippen LogP contribution in [0.25, 0.3) is 0 Å². The van der Waals surface area contributed by atoms with Gasteiger partial charge in [0.2, 0.25) is 5.91 Å². The summed E-state index contributed by atoms with van der Waals surface area (Å²) in [5.74, 6) is 2.82. The van der Waals surface area contributed by atoms with Gasteiger partial charge >= 0.3 is 0 Å². The summed E-state index contributed by atoms with van der Waals surface area (Å²) in [6, 6.07) is 3.48. The van der Waals surface area contributed by atoms with E-state index in [1.807, 2.05) is 20.8 Å². The van der Waals surface area contributed by atoms with E-state index in [0.29, 0.717) is 11.4 Å². The van der Waals surface area contributed by atoms with Crippen LogP contribution in [-0.2, 0) is 4.79 Å². The molecule has 1 amide bonds. The van der Waals surface area contributed by atoms with Gasteiger partial charge < -0.3 is 5.32 Å². The number of hydrogen-bond acceptors (Lipinski definition) is 2. The predicted octanol–water partition coefficient (Wildman–Crippen LogP) is 2.05. The fourth-order valence-corrected chi connectivity index (χ4v) is 0.916. The summed E-state index contributed by atoms with van der Waals surface area (Å²) >= 11 is 0. The van der Waals surface area contributed by atoms with E-state index in [1.165, 1.54) is 0 Å². The minimum Gasteiger partial charge on any atom is -0.309 e. The van der Waals surface area contributed by atoms with Crippen LogP contribution in [0.15, 0.2) is 18.3 Å². The zero-order valence-corrected chi connectivity index (χ0v) is 9.16. The third-order valence-corrected chi connectivity index (χ3v) is 1.88. The van der Waals surface area contributed by atoms with Crippen LogP contribution in [0.3, 0.4) is 0 Å². The van der Waals surface area contributed by atoms with Crippen molar-refractivity contribution in [2.24, 2.45) is 5.41 Å². The van der Waals surface area contributed by atoms with Crippen molar-refractivity contribution in [1.82, 2.24) is 4.98 Å². The first-order valence-electron chi connectivity index (χ1n) is 4.68. The number of terminal acetylenes is 1. The van der Waals surface area contributed by atoms with Crippen LogP contribution in [0.5, 0.6) is 0 Å². The summed E-state index contributed by atoms with van der Waals surface area (Å²) in [7, 11) is 0. The van der Waals surface area contributed by atoms with Gasteiger partial charge in [0.1, 0.15) is 5.82 Å². The molecule has 0 aliphatic rings. The van der Waals surface area contributed by atoms with E-state index in [-0.39, 0.29) is 5.91 Å². The summed E-state index contributed by atoms with van der Waals surface area (Å²) in [5, 5.41) is 2.71. The topological polar surface area (TPSA) is 42.0 Å². The largest absolute Gasteiger partial charge is 0.309 e. The van der Waals surface area contributed by atoms with E-state index < -0.39 is 5.41 Å². The van der Waals surface area contributed by atoms with Crippen molar-refractivity contribution < 1.29 is 4.79 Å². The normalized spacial score (nSPS) is 10.5. The lowest BCUT2D eigenvalue weighted by Gasteiger charge is -2.17. The maximum absolute atomic E-state index is 11.7. The van der Waals surface area contributed by atoms with Gasteiger partial charge in [0.15, 0.2) is 0 Å². The molecule has 0 spiro atoms. The second kappa shape index (κ2) is 4.14. The standard InChI is InChI=1S/C12H14N2O/c1-5-9-7-6-8-13-10(9)14-11(15)12(2,3)4/h1,6-8H,2-4H3,(H,13,14,15). The number of rotatable bonds is 1. The molecule has 0 aliphatic heterocycles. The molecule has 3 nitrogen and oxygen atoms in total. The Labute approximate surface area is 89.9 Å². The number of amides is 1. The molecule has 3 heteroatoms. The first kappa shape index (κ1) is 11.3. The Bertz CT molecular complexity index is 410. The third kappa shape index (κ3) is 2.81. The smallest absolute Gasteiger partial charge is 0.230 e. The molecule has 0 saturated carbocycles. The minimum absolute atomic E-state index is 0.0994. The molecular weight excluding hydrogens is 188 g/mol. The minimum atomic E-state index is -0.455. The van der Waals surface area contributed by atoms with Crippen molar-refractivity contribution in [2.45, 2.75) is 20.8 Å². The molecule has 1 aromatic rings. The van der Waals surface area contributed by atoms with Gasteiger partial charge in [-0.3, -0.25) is 4.79 Å². The number of anilines is 1. The van der Waals surface area contributed by atoms with Gasteiger partial charge in [0.05, 0.1) is 5.56 Å². The molecule has 0 aliphatic carbocycles. The molecule has 0 aromatic carbocycles. The first-order chi connectivity index (χ1) is 6.95. The van der Waals surface area contributed by atoms with Gasteiger partial charge in [0, 0.05) is 11.6 Å². The lowest BCUT2D eigenvalue weighted by Crippen LogP contribution is -2.28. The van der Waals surface area contributed by atoms with Crippen LogP contribution in [0.4, 0.5) is 5.82 Å². The van der Waals surface area contributed by atoms with E-state index in [9.17, 15) is 4.79 Å². The Morgan fingerprint density at radius 2 is 2.20 bits per heavy atom. The third-order valence-electron chi connectivity index (χ3n) is 1.88. The van der Waals surface area contributed by atoms with Crippen LogP contribution < -0.4 is 5.32 Å². The van der Waals surface area contributed by atoms with Crippen LogP contribution in [-0.4, -0.2) is 10.9 Å². The molecule has 15 heavy (non-hydrogen) atoms. The average Bonchev–Trinajstić information content (AvgIpc) is 2.17. The van der Waals surface area contributed by atoms with E-state index in [4.69, 9.17) is 6.42 Å². The van der Waals surface area contributed by atoms with Gasteiger partial charge in [-0.15, -0.1) is 6.42 Å². The van der Waals surface area contributed by atoms with Gasteiger partial charge in [-0.25, -0.2) is 4.98 Å². The predicted molar refractivity (Wildman–Crippen MR) is 60.3 cm³/mol. The lowest BCUT2D eigenvalue weighted by molar-refractivity contribution is -0.123. The molecule has 1 rings (SSSR count). The summed E-state index contributed by atoms with van der Waals surface area (Å²) in [4.78, 5) is 15.7. The van der Waals surface area contributed by atoms with Crippen molar-refractivity contribution >= 4 is 11.7 Å². The van der Waals surface area contributed by atoms with E-state index >= 15 is 0 Å². The number of carbonyl (C=O) groups excluding carboxylic acids is 1. The number of carbonyl (C=O) groups is 1. The number of aromatic nitrogens is 1. The molecule has 78 valence electrons. The maximum Gasteiger partial charge on any atom is 0.230 e. The quantitative estimate of drug-likeness (QED) is 0.708. The second-order valence-electron chi connectivity index (χ2n) is 4.25. The first-order valence-corrected chi connectivity index (χ1v) is 4.68. The van der Waals surface area contributed by atoms with Crippen molar-refractivity contribution in [3.63, 3.8) is 0 Å². The van der Waals surface area contributed by atoms with Gasteiger partial charge in [-0.05, 0) is 12.1 Å². The number of nitrogens with zero attached hydrogens (tertiary/aromatic N) is 1. The van der Waals surface area contributed by atoms with Crippen LogP contribution in [0, 0.1) is 17.8 Å². The molecule has 0 fully saturated rings. The summed E-state index contributed by atoms with van der Waals surface area (Å²) in [6.45, 7) is 5.50. The summed E-state index contributed by atoms with van der Waals surface area (Å²) < 4.78 is 0. The molecule has 0 bridgehead atoms. The second-order valence-corrected chi connectivity index (χ2v) is 4.25. The molecular formula is C12H14N2O. The highest BCUT2D eigenvalue weighted by Crippen LogP contribution is 2.17. The molecule has 0 saturated heterocycles. The average molecular weight is 202 g/mol. The fraction of sp³-hybridized carbons (Fsp3) is 0.333. The Morgan fingerprint density at radius 1 is 1.53 bits per heavy atom. The fourth-order valence-electron chi connectivity index (χ4n) is 0.916. The SMILES string of the molecule is C#Cc1cccnc1NC(=O)C(C)(C)C. The Balaban J connectivity index is 2.92. The Kier molecular flexibility index (Phi) is 3.11. The van der Waals surface area contributed by atoms with Gasteiger partial charge in [0.25, 0.3) is 0 Å². The lowest BCUT2D eigenvalue weighted by atomic mass is 9.95. The number of pyridine rings is 1. The van der Waals surface area contributed by atoms with E-state index in [1.54, 1.807) is 18.3 Å². The van der Waals surface area contributed by atoms with Crippen molar-refractivity contribution in [2.75, 3.05) is 5.32 Å². The van der Waals surface area contributed by atoms with Crippen LogP contribution >= 0.6 is 0 Å². The monoisotopic (exact) mass is 202 g/mol. The summed E-state index contributed by atoms with van der Waals surface area (Å²) in [6.07, 6.45) is 6.89. The van der Waals surface area contributed by atoms with Gasteiger partial charge in [-0.2, -0.15) is 0 Å². The number of hydrogen-bond donors (Lipinski definition) is 1. The maximum atomic E-state index is 11.7. The molecule has 0 unspecified atom stereocenters. The molecule has 0 radical (unpaired) electrons. The van der Waals surface area contributed by atoms with Crippen molar-refractivity contribution in [1.29, 1.82) is 0 Å². The molecule has 1 heterocycles.